The van der Waals surface area contributed by atoms with Crippen LogP contribution in [0.15, 0.2) is 11.4 Å². The quantitative estimate of drug-likeness (QED) is 0.920. The smallest absolute Gasteiger partial charge is 0.0596 e. The summed E-state index contributed by atoms with van der Waals surface area (Å²) in [6.45, 7) is 6.80. The Morgan fingerprint density at radius 1 is 1.39 bits per heavy atom. The molecule has 0 saturated carbocycles. The Hall–Kier alpha value is -0.0300. The molecule has 1 fully saturated rings. The van der Waals surface area contributed by atoms with Gasteiger partial charge in [0.1, 0.15) is 0 Å². The first-order valence-electron chi connectivity index (χ1n) is 6.85. The van der Waals surface area contributed by atoms with Gasteiger partial charge in [0.15, 0.2) is 0 Å². The lowest BCUT2D eigenvalue weighted by molar-refractivity contribution is 0.185. The summed E-state index contributed by atoms with van der Waals surface area (Å²) >= 11 is 3.95. The fourth-order valence-corrected chi connectivity index (χ4v) is 4.62. The normalized spacial score (nSPS) is 21.5. The maximum atomic E-state index is 6.42. The van der Waals surface area contributed by atoms with E-state index in [-0.39, 0.29) is 6.04 Å². The van der Waals surface area contributed by atoms with E-state index in [1.165, 1.54) is 41.5 Å². The molecule has 1 aromatic heterocycles. The average molecular weight is 284 g/mol. The van der Waals surface area contributed by atoms with Gasteiger partial charge in [-0.05, 0) is 49.1 Å². The third-order valence-electron chi connectivity index (χ3n) is 3.70. The average Bonchev–Trinajstić information content (AvgIpc) is 2.65. The molecule has 2 N–H and O–H groups in total. The lowest BCUT2D eigenvalue weighted by atomic mass is 10.0. The molecular formula is C14H24N2S2. The minimum Gasteiger partial charge on any atom is -0.326 e. The van der Waals surface area contributed by atoms with Crippen LogP contribution >= 0.6 is 23.1 Å². The molecule has 1 aliphatic rings. The van der Waals surface area contributed by atoms with Gasteiger partial charge < -0.3 is 5.73 Å². The summed E-state index contributed by atoms with van der Waals surface area (Å²) in [4.78, 5) is 4.10. The summed E-state index contributed by atoms with van der Waals surface area (Å²) in [6.07, 6.45) is 2.34. The van der Waals surface area contributed by atoms with Gasteiger partial charge in [0.05, 0.1) is 6.04 Å². The first kappa shape index (κ1) is 14.4. The second-order valence-electron chi connectivity index (χ2n) is 4.99. The van der Waals surface area contributed by atoms with E-state index >= 15 is 0 Å². The zero-order valence-corrected chi connectivity index (χ0v) is 13.0. The molecule has 4 heteroatoms. The number of rotatable bonds is 4. The van der Waals surface area contributed by atoms with E-state index in [0.29, 0.717) is 6.04 Å². The van der Waals surface area contributed by atoms with Gasteiger partial charge in [0, 0.05) is 23.2 Å². The number of thioether (sulfide) groups is 1. The van der Waals surface area contributed by atoms with Crippen LogP contribution in [0.5, 0.6) is 0 Å². The van der Waals surface area contributed by atoms with E-state index in [2.05, 4.69) is 42.0 Å². The van der Waals surface area contributed by atoms with E-state index in [9.17, 15) is 0 Å². The molecular weight excluding hydrogens is 260 g/mol. The molecule has 0 aromatic carbocycles. The molecule has 2 rings (SSSR count). The van der Waals surface area contributed by atoms with Gasteiger partial charge in [-0.3, -0.25) is 4.90 Å². The molecule has 0 spiro atoms. The Labute approximate surface area is 119 Å². The first-order valence-corrected chi connectivity index (χ1v) is 8.88. The predicted octanol–water partition coefficient (Wildman–Crippen LogP) is 3.27. The maximum Gasteiger partial charge on any atom is 0.0596 e. The molecule has 102 valence electrons. The van der Waals surface area contributed by atoms with Crippen molar-refractivity contribution in [3.05, 3.63) is 21.9 Å². The zero-order chi connectivity index (χ0) is 13.0. The van der Waals surface area contributed by atoms with E-state index in [0.717, 1.165) is 6.42 Å². The zero-order valence-electron chi connectivity index (χ0n) is 11.4. The second-order valence-corrected chi connectivity index (χ2v) is 7.16. The molecule has 1 aliphatic heterocycles. The number of nitrogens with zero attached hydrogens (tertiary/aromatic N) is 1. The van der Waals surface area contributed by atoms with Gasteiger partial charge in [-0.25, -0.2) is 0 Å². The molecule has 2 nitrogen and oxygen atoms in total. The van der Waals surface area contributed by atoms with Crippen LogP contribution in [0.4, 0.5) is 0 Å². The van der Waals surface area contributed by atoms with Gasteiger partial charge in [0.2, 0.25) is 0 Å². The molecule has 1 saturated heterocycles. The molecule has 0 aliphatic carbocycles. The van der Waals surface area contributed by atoms with Crippen molar-refractivity contribution in [2.75, 3.05) is 24.6 Å². The fourth-order valence-electron chi connectivity index (χ4n) is 2.59. The lowest BCUT2D eigenvalue weighted by Crippen LogP contribution is -2.41. The molecule has 0 amide bonds. The van der Waals surface area contributed by atoms with Gasteiger partial charge in [-0.2, -0.15) is 11.8 Å². The predicted molar refractivity (Wildman–Crippen MR) is 83.6 cm³/mol. The number of hydrogen-bond donors (Lipinski definition) is 1. The SMILES string of the molecule is CCC(N)C(c1sccc1C)N1CCCSCC1. The van der Waals surface area contributed by atoms with E-state index < -0.39 is 0 Å². The topological polar surface area (TPSA) is 29.3 Å². The number of aryl methyl sites for hydroxylation is 1. The summed E-state index contributed by atoms with van der Waals surface area (Å²) in [5.41, 5.74) is 7.83. The second kappa shape index (κ2) is 6.94. The first-order chi connectivity index (χ1) is 8.74. The van der Waals surface area contributed by atoms with Crippen LogP contribution in [0.25, 0.3) is 0 Å². The highest BCUT2D eigenvalue weighted by Gasteiger charge is 2.28. The monoisotopic (exact) mass is 284 g/mol. The van der Waals surface area contributed by atoms with Crippen LogP contribution in [-0.4, -0.2) is 35.5 Å². The molecule has 1 aromatic rings. The number of thiophene rings is 1. The third kappa shape index (κ3) is 3.29. The van der Waals surface area contributed by atoms with Crippen molar-refractivity contribution in [1.29, 1.82) is 0 Å². The van der Waals surface area contributed by atoms with Crippen molar-refractivity contribution in [3.63, 3.8) is 0 Å². The Bertz CT molecular complexity index is 356. The highest BCUT2D eigenvalue weighted by Crippen LogP contribution is 2.33. The summed E-state index contributed by atoms with van der Waals surface area (Å²) < 4.78 is 0. The van der Waals surface area contributed by atoms with Crippen LogP contribution in [-0.2, 0) is 0 Å². The molecule has 2 unspecified atom stereocenters. The minimum absolute atomic E-state index is 0.255. The molecule has 2 heterocycles. The van der Waals surface area contributed by atoms with Crippen LogP contribution < -0.4 is 5.73 Å². The van der Waals surface area contributed by atoms with Crippen LogP contribution in [0.2, 0.25) is 0 Å². The van der Waals surface area contributed by atoms with E-state index in [1.54, 1.807) is 0 Å². The molecule has 0 bridgehead atoms. The lowest BCUT2D eigenvalue weighted by Gasteiger charge is -2.34. The third-order valence-corrected chi connectivity index (χ3v) is 5.84. The van der Waals surface area contributed by atoms with Crippen molar-refractivity contribution in [3.8, 4) is 0 Å². The number of nitrogens with two attached hydrogens (primary N) is 1. The summed E-state index contributed by atoms with van der Waals surface area (Å²) in [6, 6.07) is 2.90. The summed E-state index contributed by atoms with van der Waals surface area (Å²) in [5.74, 6) is 2.55. The number of hydrogen-bond acceptors (Lipinski definition) is 4. The molecule has 2 atom stereocenters. The van der Waals surface area contributed by atoms with Gasteiger partial charge in [-0.15, -0.1) is 11.3 Å². The van der Waals surface area contributed by atoms with Gasteiger partial charge in [0.25, 0.3) is 0 Å². The van der Waals surface area contributed by atoms with E-state index in [1.807, 2.05) is 11.3 Å². The van der Waals surface area contributed by atoms with Crippen molar-refractivity contribution < 1.29 is 0 Å². The molecule has 18 heavy (non-hydrogen) atoms. The Morgan fingerprint density at radius 3 is 2.89 bits per heavy atom. The summed E-state index contributed by atoms with van der Waals surface area (Å²) in [5, 5.41) is 2.20. The van der Waals surface area contributed by atoms with Crippen LogP contribution in [0.1, 0.15) is 36.2 Å². The van der Waals surface area contributed by atoms with Crippen LogP contribution in [0, 0.1) is 6.92 Å². The largest absolute Gasteiger partial charge is 0.326 e. The van der Waals surface area contributed by atoms with Crippen molar-refractivity contribution in [2.45, 2.75) is 38.8 Å². The van der Waals surface area contributed by atoms with Gasteiger partial charge >= 0.3 is 0 Å². The van der Waals surface area contributed by atoms with Crippen molar-refractivity contribution in [2.24, 2.45) is 5.73 Å². The maximum absolute atomic E-state index is 6.42. The van der Waals surface area contributed by atoms with Crippen molar-refractivity contribution in [1.82, 2.24) is 4.90 Å². The minimum atomic E-state index is 0.255. The van der Waals surface area contributed by atoms with E-state index in [4.69, 9.17) is 5.73 Å². The van der Waals surface area contributed by atoms with Crippen molar-refractivity contribution >= 4 is 23.1 Å². The highest BCUT2D eigenvalue weighted by molar-refractivity contribution is 7.99. The highest BCUT2D eigenvalue weighted by atomic mass is 32.2. The Kier molecular flexibility index (Phi) is 5.55. The standard InChI is InChI=1S/C14H24N2S2/c1-3-12(15)13(14-11(2)5-9-18-14)16-6-4-8-17-10-7-16/h5,9,12-13H,3-4,6-8,10,15H2,1-2H3. The fraction of sp³-hybridized carbons (Fsp3) is 0.714. The Balaban J connectivity index is 2.21. The van der Waals surface area contributed by atoms with Gasteiger partial charge in [-0.1, -0.05) is 6.92 Å². The molecule has 0 radical (unpaired) electrons. The van der Waals surface area contributed by atoms with Crippen LogP contribution in [0.3, 0.4) is 0 Å². The Morgan fingerprint density at radius 2 is 2.22 bits per heavy atom. The summed E-state index contributed by atoms with van der Waals surface area (Å²) in [7, 11) is 0.